The van der Waals surface area contributed by atoms with Crippen LogP contribution in [0.15, 0.2) is 0 Å². The van der Waals surface area contributed by atoms with Gasteiger partial charge in [0.05, 0.1) is 5.92 Å². The highest BCUT2D eigenvalue weighted by Gasteiger charge is 2.22. The number of rotatable bonds is 5. The highest BCUT2D eigenvalue weighted by molar-refractivity contribution is 5.76. The van der Waals surface area contributed by atoms with Crippen molar-refractivity contribution in [3.8, 4) is 0 Å². The second kappa shape index (κ2) is 7.20. The predicted octanol–water partition coefficient (Wildman–Crippen LogP) is 0.491. The second-order valence-corrected chi connectivity index (χ2v) is 4.75. The molecule has 0 aromatic heterocycles. The van der Waals surface area contributed by atoms with Gasteiger partial charge in [-0.1, -0.05) is 6.92 Å². The minimum atomic E-state index is -0.872. The van der Waals surface area contributed by atoms with E-state index < -0.39 is 11.9 Å². The van der Waals surface area contributed by atoms with E-state index in [1.807, 2.05) is 6.92 Å². The van der Waals surface area contributed by atoms with Crippen LogP contribution in [0.4, 0.5) is 4.79 Å². The summed E-state index contributed by atoms with van der Waals surface area (Å²) < 4.78 is 0. The van der Waals surface area contributed by atoms with Crippen LogP contribution in [0.25, 0.3) is 0 Å². The number of carbonyl (C=O) groups excluding carboxylic acids is 1. The molecule has 1 atom stereocenters. The van der Waals surface area contributed by atoms with Gasteiger partial charge in [-0.15, -0.1) is 0 Å². The van der Waals surface area contributed by atoms with Crippen molar-refractivity contribution in [2.75, 3.05) is 26.2 Å². The number of urea groups is 1. The van der Waals surface area contributed by atoms with Crippen molar-refractivity contribution in [2.24, 2.45) is 5.92 Å². The van der Waals surface area contributed by atoms with Crippen LogP contribution < -0.4 is 10.6 Å². The van der Waals surface area contributed by atoms with E-state index in [1.54, 1.807) is 11.8 Å². The Morgan fingerprint density at radius 3 is 2.56 bits per heavy atom. The highest BCUT2D eigenvalue weighted by Crippen LogP contribution is 2.05. The number of aliphatic carboxylic acids is 1. The summed E-state index contributed by atoms with van der Waals surface area (Å²) in [6.45, 7) is 6.08. The summed E-state index contributed by atoms with van der Waals surface area (Å²) in [5.41, 5.74) is 0. The number of piperidine rings is 1. The Hall–Kier alpha value is -1.30. The van der Waals surface area contributed by atoms with E-state index in [4.69, 9.17) is 5.11 Å². The summed E-state index contributed by atoms with van der Waals surface area (Å²) in [7, 11) is 0. The topological polar surface area (TPSA) is 81.7 Å². The summed E-state index contributed by atoms with van der Waals surface area (Å²) in [6, 6.07) is 0.0467. The maximum atomic E-state index is 12.0. The monoisotopic (exact) mass is 257 g/mol. The van der Waals surface area contributed by atoms with Crippen LogP contribution in [0.3, 0.4) is 0 Å². The molecule has 6 nitrogen and oxygen atoms in total. The Bertz CT molecular complexity index is 290. The van der Waals surface area contributed by atoms with E-state index in [1.165, 1.54) is 0 Å². The van der Waals surface area contributed by atoms with Crippen molar-refractivity contribution >= 4 is 12.0 Å². The molecule has 2 amide bonds. The van der Waals surface area contributed by atoms with E-state index in [0.29, 0.717) is 6.54 Å². The van der Waals surface area contributed by atoms with Gasteiger partial charge in [0.2, 0.25) is 0 Å². The van der Waals surface area contributed by atoms with Crippen LogP contribution in [0.5, 0.6) is 0 Å². The summed E-state index contributed by atoms with van der Waals surface area (Å²) in [4.78, 5) is 24.4. The van der Waals surface area contributed by atoms with Gasteiger partial charge in [-0.2, -0.15) is 0 Å². The number of nitrogens with one attached hydrogen (secondary N) is 2. The zero-order valence-corrected chi connectivity index (χ0v) is 11.1. The minimum Gasteiger partial charge on any atom is -0.481 e. The van der Waals surface area contributed by atoms with Gasteiger partial charge in [-0.25, -0.2) is 4.79 Å². The summed E-state index contributed by atoms with van der Waals surface area (Å²) in [5, 5.41) is 15.1. The van der Waals surface area contributed by atoms with Crippen LogP contribution in [-0.4, -0.2) is 54.2 Å². The van der Waals surface area contributed by atoms with E-state index in [9.17, 15) is 9.59 Å². The second-order valence-electron chi connectivity index (χ2n) is 4.75. The lowest BCUT2D eigenvalue weighted by atomic mass is 10.1. The zero-order valence-electron chi connectivity index (χ0n) is 11.1. The van der Waals surface area contributed by atoms with Gasteiger partial charge in [0.25, 0.3) is 0 Å². The smallest absolute Gasteiger partial charge is 0.317 e. The summed E-state index contributed by atoms with van der Waals surface area (Å²) in [5.74, 6) is -1.41. The number of carbonyl (C=O) groups is 2. The highest BCUT2D eigenvalue weighted by atomic mass is 16.4. The number of carboxylic acids is 1. The molecule has 104 valence electrons. The maximum absolute atomic E-state index is 12.0. The first-order valence-corrected chi connectivity index (χ1v) is 6.53. The maximum Gasteiger partial charge on any atom is 0.317 e. The first-order valence-electron chi connectivity index (χ1n) is 6.53. The van der Waals surface area contributed by atoms with Gasteiger partial charge in [0, 0.05) is 19.1 Å². The fraction of sp³-hybridized carbons (Fsp3) is 0.833. The quantitative estimate of drug-likeness (QED) is 0.669. The molecule has 6 heteroatoms. The number of amides is 2. The number of hydrogen-bond acceptors (Lipinski definition) is 3. The third-order valence-corrected chi connectivity index (χ3v) is 3.25. The molecule has 0 spiro atoms. The molecule has 3 N–H and O–H groups in total. The molecule has 0 radical (unpaired) electrons. The Balaban J connectivity index is 2.43. The molecule has 0 aliphatic carbocycles. The molecule has 0 aromatic rings. The number of hydrogen-bond donors (Lipinski definition) is 3. The van der Waals surface area contributed by atoms with Crippen LogP contribution >= 0.6 is 0 Å². The standard InChI is InChI=1S/C12H23N3O3/c1-3-15(8-9(2)11(16)17)12(18)14-10-4-6-13-7-5-10/h9-10,13H,3-8H2,1-2H3,(H,14,18)(H,16,17). The van der Waals surface area contributed by atoms with Crippen molar-refractivity contribution < 1.29 is 14.7 Å². The number of nitrogens with zero attached hydrogens (tertiary/aromatic N) is 1. The Labute approximate surface area is 108 Å². The van der Waals surface area contributed by atoms with Crippen LogP contribution in [-0.2, 0) is 4.79 Å². The molecule has 1 unspecified atom stereocenters. The SMILES string of the molecule is CCN(CC(C)C(=O)O)C(=O)NC1CCNCC1. The summed E-state index contributed by atoms with van der Waals surface area (Å²) in [6.07, 6.45) is 1.86. The molecule has 1 aliphatic rings. The lowest BCUT2D eigenvalue weighted by Gasteiger charge is -2.28. The molecular weight excluding hydrogens is 234 g/mol. The van der Waals surface area contributed by atoms with Gasteiger partial charge in [-0.3, -0.25) is 4.79 Å². The van der Waals surface area contributed by atoms with Gasteiger partial charge in [0.1, 0.15) is 0 Å². The molecule has 1 rings (SSSR count). The van der Waals surface area contributed by atoms with E-state index in [0.717, 1.165) is 25.9 Å². The van der Waals surface area contributed by atoms with Gasteiger partial charge in [-0.05, 0) is 32.9 Å². The molecule has 1 fully saturated rings. The molecule has 0 bridgehead atoms. The van der Waals surface area contributed by atoms with Gasteiger partial charge >= 0.3 is 12.0 Å². The predicted molar refractivity (Wildman–Crippen MR) is 68.5 cm³/mol. The largest absolute Gasteiger partial charge is 0.481 e. The Morgan fingerprint density at radius 2 is 2.06 bits per heavy atom. The molecule has 18 heavy (non-hydrogen) atoms. The lowest BCUT2D eigenvalue weighted by molar-refractivity contribution is -0.141. The Kier molecular flexibility index (Phi) is 5.91. The molecular formula is C12H23N3O3. The van der Waals surface area contributed by atoms with Crippen LogP contribution in [0, 0.1) is 5.92 Å². The van der Waals surface area contributed by atoms with Crippen molar-refractivity contribution in [1.82, 2.24) is 15.5 Å². The molecule has 1 aliphatic heterocycles. The van der Waals surface area contributed by atoms with Crippen LogP contribution in [0.1, 0.15) is 26.7 Å². The minimum absolute atomic E-state index is 0.155. The normalized spacial score (nSPS) is 18.1. The van der Waals surface area contributed by atoms with E-state index >= 15 is 0 Å². The first-order chi connectivity index (χ1) is 8.54. The molecule has 0 saturated carbocycles. The van der Waals surface area contributed by atoms with E-state index in [-0.39, 0.29) is 18.6 Å². The van der Waals surface area contributed by atoms with Crippen molar-refractivity contribution in [3.63, 3.8) is 0 Å². The van der Waals surface area contributed by atoms with Gasteiger partial charge < -0.3 is 20.6 Å². The molecule has 1 saturated heterocycles. The van der Waals surface area contributed by atoms with Crippen LogP contribution in [0.2, 0.25) is 0 Å². The fourth-order valence-electron chi connectivity index (χ4n) is 2.00. The van der Waals surface area contributed by atoms with Crippen molar-refractivity contribution in [1.29, 1.82) is 0 Å². The zero-order chi connectivity index (χ0) is 13.5. The molecule has 1 heterocycles. The average molecular weight is 257 g/mol. The first kappa shape index (κ1) is 14.8. The Morgan fingerprint density at radius 1 is 1.44 bits per heavy atom. The third-order valence-electron chi connectivity index (χ3n) is 3.25. The van der Waals surface area contributed by atoms with Crippen molar-refractivity contribution in [2.45, 2.75) is 32.7 Å². The summed E-state index contributed by atoms with van der Waals surface area (Å²) >= 11 is 0. The fourth-order valence-corrected chi connectivity index (χ4v) is 2.00. The average Bonchev–Trinajstić information content (AvgIpc) is 2.36. The van der Waals surface area contributed by atoms with Crippen molar-refractivity contribution in [3.05, 3.63) is 0 Å². The number of carboxylic acid groups (broad SMARTS) is 1. The third kappa shape index (κ3) is 4.52. The van der Waals surface area contributed by atoms with Gasteiger partial charge in [0.15, 0.2) is 0 Å². The lowest BCUT2D eigenvalue weighted by Crippen LogP contribution is -2.49. The molecule has 0 aromatic carbocycles. The van der Waals surface area contributed by atoms with E-state index in [2.05, 4.69) is 10.6 Å².